The van der Waals surface area contributed by atoms with Crippen molar-refractivity contribution in [3.05, 3.63) is 108 Å². The second-order valence-corrected chi connectivity index (χ2v) is 7.47. The van der Waals surface area contributed by atoms with Gasteiger partial charge < -0.3 is 10.6 Å². The number of hydrogen-bond donors (Lipinski definition) is 2. The molecule has 0 saturated heterocycles. The zero-order chi connectivity index (χ0) is 20.1. The summed E-state index contributed by atoms with van der Waals surface area (Å²) in [5, 5.41) is 5.76. The maximum atomic E-state index is 12.4. The van der Waals surface area contributed by atoms with Gasteiger partial charge in [-0.05, 0) is 54.1 Å². The van der Waals surface area contributed by atoms with Gasteiger partial charge in [-0.3, -0.25) is 9.59 Å². The number of rotatable bonds is 5. The largest absolute Gasteiger partial charge is 0.322 e. The number of para-hydroxylation sites is 2. The molecule has 2 N–H and O–H groups in total. The van der Waals surface area contributed by atoms with Crippen LogP contribution in [0.2, 0.25) is 0 Å². The summed E-state index contributed by atoms with van der Waals surface area (Å²) >= 11 is 1.42. The van der Waals surface area contributed by atoms with Gasteiger partial charge in [0, 0.05) is 21.8 Å². The number of hydrogen-bond acceptors (Lipinski definition) is 3. The lowest BCUT2D eigenvalue weighted by molar-refractivity contribution is 0.102. The fourth-order valence-corrected chi connectivity index (χ4v) is 3.75. The Morgan fingerprint density at radius 2 is 1.14 bits per heavy atom. The van der Waals surface area contributed by atoms with E-state index in [1.54, 1.807) is 12.1 Å². The van der Waals surface area contributed by atoms with Crippen molar-refractivity contribution in [3.63, 3.8) is 0 Å². The Hall–Kier alpha value is -3.70. The molecular weight excluding hydrogens is 380 g/mol. The molecule has 3 aromatic carbocycles. The lowest BCUT2D eigenvalue weighted by Gasteiger charge is -2.06. The minimum absolute atomic E-state index is 0.133. The van der Waals surface area contributed by atoms with Gasteiger partial charge in [0.2, 0.25) is 0 Å². The molecule has 0 atom stereocenters. The lowest BCUT2D eigenvalue weighted by atomic mass is 10.1. The summed E-state index contributed by atoms with van der Waals surface area (Å²) in [5.41, 5.74) is 3.07. The van der Waals surface area contributed by atoms with Crippen LogP contribution in [0.5, 0.6) is 0 Å². The molecule has 2 amide bonds. The zero-order valence-electron chi connectivity index (χ0n) is 15.5. The van der Waals surface area contributed by atoms with Crippen LogP contribution in [-0.4, -0.2) is 11.8 Å². The molecule has 1 aromatic heterocycles. The topological polar surface area (TPSA) is 58.2 Å². The number of carbonyl (C=O) groups excluding carboxylic acids is 2. The van der Waals surface area contributed by atoms with E-state index in [1.807, 2.05) is 84.9 Å². The SMILES string of the molecule is O=C(Nc1ccccc1)c1ccc(-c2ccc(C(=O)Nc3ccccc3)s2)cc1. The Balaban J connectivity index is 1.44. The third-order valence-electron chi connectivity index (χ3n) is 4.32. The molecule has 5 heteroatoms. The van der Waals surface area contributed by atoms with E-state index in [0.29, 0.717) is 10.4 Å². The molecule has 1 heterocycles. The molecule has 142 valence electrons. The summed E-state index contributed by atoms with van der Waals surface area (Å²) in [6.07, 6.45) is 0. The van der Waals surface area contributed by atoms with Crippen LogP contribution < -0.4 is 10.6 Å². The molecule has 0 spiro atoms. The lowest BCUT2D eigenvalue weighted by Crippen LogP contribution is -2.11. The number of amides is 2. The van der Waals surface area contributed by atoms with E-state index in [1.165, 1.54) is 11.3 Å². The molecule has 0 aliphatic rings. The summed E-state index contributed by atoms with van der Waals surface area (Å²) in [5.74, 6) is -0.289. The normalized spacial score (nSPS) is 10.3. The molecule has 0 aliphatic heterocycles. The Bertz CT molecular complexity index is 1120. The quantitative estimate of drug-likeness (QED) is 0.438. The number of thiophene rings is 1. The minimum Gasteiger partial charge on any atom is -0.322 e. The predicted molar refractivity (Wildman–Crippen MR) is 119 cm³/mol. The second-order valence-electron chi connectivity index (χ2n) is 6.38. The van der Waals surface area contributed by atoms with Crippen molar-refractivity contribution < 1.29 is 9.59 Å². The van der Waals surface area contributed by atoms with E-state index in [2.05, 4.69) is 10.6 Å². The van der Waals surface area contributed by atoms with Crippen LogP contribution in [-0.2, 0) is 0 Å². The highest BCUT2D eigenvalue weighted by Crippen LogP contribution is 2.29. The number of anilines is 2. The average Bonchev–Trinajstić information content (AvgIpc) is 3.26. The van der Waals surface area contributed by atoms with E-state index in [0.717, 1.165) is 21.8 Å². The number of nitrogens with one attached hydrogen (secondary N) is 2. The summed E-state index contributed by atoms with van der Waals surface area (Å²) in [6, 6.07) is 29.8. The van der Waals surface area contributed by atoms with Gasteiger partial charge in [-0.1, -0.05) is 48.5 Å². The molecule has 0 radical (unpaired) electrons. The van der Waals surface area contributed by atoms with E-state index in [4.69, 9.17) is 0 Å². The molecule has 0 saturated carbocycles. The van der Waals surface area contributed by atoms with Gasteiger partial charge in [-0.25, -0.2) is 0 Å². The van der Waals surface area contributed by atoms with Gasteiger partial charge in [0.05, 0.1) is 4.88 Å². The maximum absolute atomic E-state index is 12.4. The van der Waals surface area contributed by atoms with Gasteiger partial charge >= 0.3 is 0 Å². The highest BCUT2D eigenvalue weighted by molar-refractivity contribution is 7.17. The third-order valence-corrected chi connectivity index (χ3v) is 5.46. The Labute approximate surface area is 172 Å². The summed E-state index contributed by atoms with van der Waals surface area (Å²) in [4.78, 5) is 26.4. The summed E-state index contributed by atoms with van der Waals surface area (Å²) in [6.45, 7) is 0. The molecule has 0 bridgehead atoms. The van der Waals surface area contributed by atoms with Gasteiger partial charge in [0.25, 0.3) is 11.8 Å². The molecule has 0 fully saturated rings. The summed E-state index contributed by atoms with van der Waals surface area (Å²) < 4.78 is 0. The Morgan fingerprint density at radius 3 is 1.72 bits per heavy atom. The van der Waals surface area contributed by atoms with Crippen LogP contribution >= 0.6 is 11.3 Å². The van der Waals surface area contributed by atoms with Crippen LogP contribution in [0.25, 0.3) is 10.4 Å². The van der Waals surface area contributed by atoms with Crippen molar-refractivity contribution in [1.82, 2.24) is 0 Å². The fourth-order valence-electron chi connectivity index (χ4n) is 2.84. The predicted octanol–water partition coefficient (Wildman–Crippen LogP) is 5.92. The van der Waals surface area contributed by atoms with Crippen LogP contribution in [0.4, 0.5) is 11.4 Å². The first-order valence-electron chi connectivity index (χ1n) is 9.12. The van der Waals surface area contributed by atoms with E-state index in [9.17, 15) is 9.59 Å². The molecule has 29 heavy (non-hydrogen) atoms. The van der Waals surface area contributed by atoms with Crippen molar-refractivity contribution in [2.24, 2.45) is 0 Å². The van der Waals surface area contributed by atoms with Crippen molar-refractivity contribution in [2.75, 3.05) is 10.6 Å². The maximum Gasteiger partial charge on any atom is 0.265 e. The molecule has 4 nitrogen and oxygen atoms in total. The fraction of sp³-hybridized carbons (Fsp3) is 0. The Morgan fingerprint density at radius 1 is 0.586 bits per heavy atom. The van der Waals surface area contributed by atoms with Crippen LogP contribution in [0.1, 0.15) is 20.0 Å². The first kappa shape index (κ1) is 18.7. The highest BCUT2D eigenvalue weighted by Gasteiger charge is 2.12. The van der Waals surface area contributed by atoms with Gasteiger partial charge in [0.15, 0.2) is 0 Å². The standard InChI is InChI=1S/C24H18N2O2S/c27-23(25-19-7-3-1-4-8-19)18-13-11-17(12-14-18)21-15-16-22(29-21)24(28)26-20-9-5-2-6-10-20/h1-16H,(H,25,27)(H,26,28). The number of carbonyl (C=O) groups is 2. The van der Waals surface area contributed by atoms with Crippen molar-refractivity contribution in [2.45, 2.75) is 0 Å². The molecule has 4 aromatic rings. The molecule has 0 unspecified atom stereocenters. The van der Waals surface area contributed by atoms with Crippen molar-refractivity contribution >= 4 is 34.5 Å². The monoisotopic (exact) mass is 398 g/mol. The molecule has 0 aliphatic carbocycles. The van der Waals surface area contributed by atoms with Gasteiger partial charge in [0.1, 0.15) is 0 Å². The minimum atomic E-state index is -0.156. The second kappa shape index (κ2) is 8.54. The van der Waals surface area contributed by atoms with Crippen molar-refractivity contribution in [3.8, 4) is 10.4 Å². The zero-order valence-corrected chi connectivity index (χ0v) is 16.3. The van der Waals surface area contributed by atoms with E-state index >= 15 is 0 Å². The van der Waals surface area contributed by atoms with E-state index < -0.39 is 0 Å². The molecular formula is C24H18N2O2S. The first-order chi connectivity index (χ1) is 14.2. The van der Waals surface area contributed by atoms with Crippen molar-refractivity contribution in [1.29, 1.82) is 0 Å². The molecule has 4 rings (SSSR count). The first-order valence-corrected chi connectivity index (χ1v) is 9.94. The van der Waals surface area contributed by atoms with Crippen LogP contribution in [0, 0.1) is 0 Å². The third kappa shape index (κ3) is 4.59. The smallest absolute Gasteiger partial charge is 0.265 e. The number of benzene rings is 3. The van der Waals surface area contributed by atoms with Crippen LogP contribution in [0.15, 0.2) is 97.1 Å². The van der Waals surface area contributed by atoms with Gasteiger partial charge in [-0.2, -0.15) is 0 Å². The van der Waals surface area contributed by atoms with Gasteiger partial charge in [-0.15, -0.1) is 11.3 Å². The summed E-state index contributed by atoms with van der Waals surface area (Å²) in [7, 11) is 0. The Kier molecular flexibility index (Phi) is 5.49. The van der Waals surface area contributed by atoms with Crippen LogP contribution in [0.3, 0.4) is 0 Å². The highest BCUT2D eigenvalue weighted by atomic mass is 32.1. The average molecular weight is 398 g/mol. The van der Waals surface area contributed by atoms with E-state index in [-0.39, 0.29) is 11.8 Å².